The smallest absolute Gasteiger partial charge is 0.226 e. The molecule has 0 radical (unpaired) electrons. The zero-order chi connectivity index (χ0) is 24.7. The Morgan fingerprint density at radius 3 is 2.60 bits per heavy atom. The molecule has 0 bridgehead atoms. The van der Waals surface area contributed by atoms with Crippen molar-refractivity contribution >= 4 is 28.3 Å². The maximum atomic E-state index is 14.8. The molecule has 12 heteroatoms. The maximum Gasteiger partial charge on any atom is 0.226 e. The number of aliphatic hydroxyl groups is 1. The van der Waals surface area contributed by atoms with Crippen LogP contribution in [-0.4, -0.2) is 72.1 Å². The van der Waals surface area contributed by atoms with Crippen LogP contribution in [0.2, 0.25) is 0 Å². The Hall–Kier alpha value is -3.82. The second kappa shape index (κ2) is 9.09. The molecule has 3 N–H and O–H groups in total. The molecule has 182 valence electrons. The summed E-state index contributed by atoms with van der Waals surface area (Å²) < 4.78 is 32.5. The number of hydrogen-bond acceptors (Lipinski definition) is 8. The van der Waals surface area contributed by atoms with Crippen molar-refractivity contribution in [3.63, 3.8) is 0 Å². The van der Waals surface area contributed by atoms with Crippen LogP contribution in [0.5, 0.6) is 0 Å². The van der Waals surface area contributed by atoms with Gasteiger partial charge in [-0.3, -0.25) is 4.90 Å². The first-order valence-corrected chi connectivity index (χ1v) is 11.3. The molecular weight excluding hydrogens is 456 g/mol. The third-order valence-corrected chi connectivity index (χ3v) is 6.20. The van der Waals surface area contributed by atoms with Crippen molar-refractivity contribution in [2.24, 2.45) is 0 Å². The first-order valence-electron chi connectivity index (χ1n) is 11.3. The standard InChI is InChI=1S/C23H25F2N9O/c1-3-4-18-28-22-16-13-27-33(21(16)29-23(26)34(22)30-18)12-9-31-7-10-32(11-8-31)20-17(24)6-5-15(14(2)35)19(20)25/h5-6,13-14,35H,7-12H2,1-2H3,(H2,26,29). The normalized spacial score (nSPS) is 15.5. The highest BCUT2D eigenvalue weighted by atomic mass is 19.1. The Kier molecular flexibility index (Phi) is 5.96. The highest BCUT2D eigenvalue weighted by Crippen LogP contribution is 2.30. The van der Waals surface area contributed by atoms with Gasteiger partial charge in [0.05, 0.1) is 24.2 Å². The molecule has 10 nitrogen and oxygen atoms in total. The van der Waals surface area contributed by atoms with Gasteiger partial charge in [0.2, 0.25) is 11.8 Å². The molecule has 3 aromatic heterocycles. The number of rotatable bonds is 5. The lowest BCUT2D eigenvalue weighted by Crippen LogP contribution is -2.48. The maximum absolute atomic E-state index is 14.8. The van der Waals surface area contributed by atoms with Gasteiger partial charge in [-0.1, -0.05) is 12.0 Å². The van der Waals surface area contributed by atoms with Crippen molar-refractivity contribution < 1.29 is 13.9 Å². The topological polar surface area (TPSA) is 114 Å². The summed E-state index contributed by atoms with van der Waals surface area (Å²) in [5.41, 5.74) is 7.26. The summed E-state index contributed by atoms with van der Waals surface area (Å²) in [6.45, 7) is 6.58. The minimum Gasteiger partial charge on any atom is -0.389 e. The fraction of sp³-hybridized carbons (Fsp3) is 0.391. The zero-order valence-corrected chi connectivity index (χ0v) is 19.4. The molecule has 1 aliphatic heterocycles. The third-order valence-electron chi connectivity index (χ3n) is 6.20. The number of aromatic nitrogens is 6. The average molecular weight is 482 g/mol. The van der Waals surface area contributed by atoms with E-state index < -0.39 is 17.7 Å². The number of halogens is 2. The lowest BCUT2D eigenvalue weighted by molar-refractivity contribution is 0.194. The van der Waals surface area contributed by atoms with Crippen LogP contribution in [0.15, 0.2) is 18.3 Å². The minimum absolute atomic E-state index is 0.0785. The number of piperazine rings is 1. The summed E-state index contributed by atoms with van der Waals surface area (Å²) in [7, 11) is 0. The number of hydrogen-bond donors (Lipinski definition) is 2. The number of anilines is 2. The van der Waals surface area contributed by atoms with Crippen LogP contribution in [-0.2, 0) is 6.54 Å². The molecule has 1 unspecified atom stereocenters. The van der Waals surface area contributed by atoms with E-state index in [1.807, 2.05) is 0 Å². The van der Waals surface area contributed by atoms with Crippen molar-refractivity contribution in [3.05, 3.63) is 41.4 Å². The van der Waals surface area contributed by atoms with Crippen LogP contribution in [0.3, 0.4) is 0 Å². The van der Waals surface area contributed by atoms with Crippen molar-refractivity contribution in [2.45, 2.75) is 26.5 Å². The predicted octanol–water partition coefficient (Wildman–Crippen LogP) is 1.58. The monoisotopic (exact) mass is 481 g/mol. The van der Waals surface area contributed by atoms with Crippen LogP contribution in [0, 0.1) is 23.5 Å². The highest BCUT2D eigenvalue weighted by molar-refractivity contribution is 5.89. The van der Waals surface area contributed by atoms with E-state index in [-0.39, 0.29) is 17.2 Å². The predicted molar refractivity (Wildman–Crippen MR) is 127 cm³/mol. The molecule has 1 aliphatic rings. The van der Waals surface area contributed by atoms with E-state index in [1.54, 1.807) is 22.7 Å². The minimum atomic E-state index is -1.01. The van der Waals surface area contributed by atoms with Gasteiger partial charge in [-0.15, -0.1) is 5.10 Å². The first kappa shape index (κ1) is 22.9. The Bertz CT molecular complexity index is 1460. The van der Waals surface area contributed by atoms with Crippen LogP contribution in [0.1, 0.15) is 31.3 Å². The molecule has 35 heavy (non-hydrogen) atoms. The molecule has 4 heterocycles. The van der Waals surface area contributed by atoms with Crippen LogP contribution >= 0.6 is 0 Å². The average Bonchev–Trinajstić information content (AvgIpc) is 3.43. The largest absolute Gasteiger partial charge is 0.389 e. The second-order valence-electron chi connectivity index (χ2n) is 8.42. The number of nitrogen functional groups attached to an aromatic ring is 1. The fourth-order valence-corrected chi connectivity index (χ4v) is 4.39. The van der Waals surface area contributed by atoms with Crippen molar-refractivity contribution in [3.8, 4) is 11.8 Å². The van der Waals surface area contributed by atoms with E-state index >= 15 is 0 Å². The molecule has 0 amide bonds. The van der Waals surface area contributed by atoms with Crippen LogP contribution in [0.25, 0.3) is 16.7 Å². The summed E-state index contributed by atoms with van der Waals surface area (Å²) in [6, 6.07) is 2.49. The van der Waals surface area contributed by atoms with Gasteiger partial charge in [0.25, 0.3) is 0 Å². The molecule has 1 fully saturated rings. The Morgan fingerprint density at radius 2 is 1.89 bits per heavy atom. The first-order chi connectivity index (χ1) is 16.9. The summed E-state index contributed by atoms with van der Waals surface area (Å²) in [5, 5.41) is 19.2. The van der Waals surface area contributed by atoms with Gasteiger partial charge in [0, 0.05) is 38.3 Å². The van der Waals surface area contributed by atoms with Crippen LogP contribution in [0.4, 0.5) is 20.4 Å². The van der Waals surface area contributed by atoms with E-state index in [1.165, 1.54) is 23.6 Å². The molecular formula is C23H25F2N9O. The fourth-order valence-electron chi connectivity index (χ4n) is 4.39. The van der Waals surface area contributed by atoms with E-state index in [0.29, 0.717) is 56.4 Å². The summed E-state index contributed by atoms with van der Waals surface area (Å²) in [6.07, 6.45) is 0.681. The number of nitrogens with zero attached hydrogens (tertiary/aromatic N) is 8. The molecule has 1 saturated heterocycles. The molecule has 0 spiro atoms. The molecule has 1 aromatic carbocycles. The molecule has 5 rings (SSSR count). The van der Waals surface area contributed by atoms with E-state index in [0.717, 1.165) is 5.39 Å². The number of benzene rings is 1. The van der Waals surface area contributed by atoms with E-state index in [2.05, 4.69) is 36.9 Å². The van der Waals surface area contributed by atoms with Gasteiger partial charge >= 0.3 is 0 Å². The summed E-state index contributed by atoms with van der Waals surface area (Å²) in [4.78, 5) is 12.8. The van der Waals surface area contributed by atoms with E-state index in [4.69, 9.17) is 5.73 Å². The van der Waals surface area contributed by atoms with Crippen molar-refractivity contribution in [1.82, 2.24) is 34.3 Å². The lowest BCUT2D eigenvalue weighted by Gasteiger charge is -2.36. The van der Waals surface area contributed by atoms with Gasteiger partial charge in [-0.2, -0.15) is 19.6 Å². The van der Waals surface area contributed by atoms with Crippen molar-refractivity contribution in [2.75, 3.05) is 43.4 Å². The summed E-state index contributed by atoms with van der Waals surface area (Å²) >= 11 is 0. The second-order valence-corrected chi connectivity index (χ2v) is 8.42. The lowest BCUT2D eigenvalue weighted by atomic mass is 10.1. The summed E-state index contributed by atoms with van der Waals surface area (Å²) in [5.74, 6) is 4.83. The number of nitrogens with two attached hydrogens (primary N) is 1. The highest BCUT2D eigenvalue weighted by Gasteiger charge is 2.25. The third kappa shape index (κ3) is 4.13. The van der Waals surface area contributed by atoms with Crippen molar-refractivity contribution in [1.29, 1.82) is 0 Å². The van der Waals surface area contributed by atoms with E-state index in [9.17, 15) is 13.9 Å². The van der Waals surface area contributed by atoms with Crippen LogP contribution < -0.4 is 10.6 Å². The Balaban J connectivity index is 1.28. The van der Waals surface area contributed by atoms with Gasteiger partial charge in [0.1, 0.15) is 11.5 Å². The van der Waals surface area contributed by atoms with Gasteiger partial charge in [-0.05, 0) is 25.8 Å². The van der Waals surface area contributed by atoms with Gasteiger partial charge < -0.3 is 15.7 Å². The molecule has 0 saturated carbocycles. The number of fused-ring (bicyclic) bond motifs is 3. The van der Waals surface area contributed by atoms with Gasteiger partial charge in [0.15, 0.2) is 17.1 Å². The van der Waals surface area contributed by atoms with Gasteiger partial charge in [-0.25, -0.2) is 13.5 Å². The molecule has 4 aromatic rings. The quantitative estimate of drug-likeness (QED) is 0.413. The molecule has 0 aliphatic carbocycles. The number of aliphatic hydroxyl groups excluding tert-OH is 1. The SMILES string of the molecule is CC#Cc1nc2c3cnn(CCN4CCN(c5c(F)ccc(C(C)O)c5F)CC4)c3nc(N)n2n1. The Morgan fingerprint density at radius 1 is 1.11 bits per heavy atom. The zero-order valence-electron chi connectivity index (χ0n) is 19.4. The molecule has 1 atom stereocenters. The Labute approximate surface area is 200 Å².